The van der Waals surface area contributed by atoms with Crippen molar-refractivity contribution >= 4 is 11.5 Å². The van der Waals surface area contributed by atoms with Crippen LogP contribution in [0.1, 0.15) is 6.42 Å². The minimum absolute atomic E-state index is 0.188. The Morgan fingerprint density at radius 3 is 3.00 bits per heavy atom. The molecular formula is C12H8N2O3. The van der Waals surface area contributed by atoms with Crippen LogP contribution in [0.4, 0.5) is 0 Å². The maximum absolute atomic E-state index is 11.6. The van der Waals surface area contributed by atoms with Gasteiger partial charge in [-0.1, -0.05) is 24.3 Å². The lowest BCUT2D eigenvalue weighted by Crippen LogP contribution is -2.38. The Hall–Kier alpha value is -2.30. The van der Waals surface area contributed by atoms with Crippen LogP contribution >= 0.6 is 0 Å². The summed E-state index contributed by atoms with van der Waals surface area (Å²) in [5, 5.41) is 11.0. The van der Waals surface area contributed by atoms with E-state index in [1.165, 1.54) is 0 Å². The SMILES string of the molecule is O=C1C=C([N+](=O)[O-])C2=NC=C3C=CC=CC32C1. The highest BCUT2D eigenvalue weighted by Crippen LogP contribution is 2.46. The summed E-state index contributed by atoms with van der Waals surface area (Å²) >= 11 is 0. The molecule has 0 saturated heterocycles. The van der Waals surface area contributed by atoms with Crippen molar-refractivity contribution in [3.05, 3.63) is 58.0 Å². The van der Waals surface area contributed by atoms with Crippen LogP contribution < -0.4 is 0 Å². The van der Waals surface area contributed by atoms with Gasteiger partial charge < -0.3 is 0 Å². The van der Waals surface area contributed by atoms with Crippen molar-refractivity contribution in [2.75, 3.05) is 0 Å². The number of allylic oxidation sites excluding steroid dienone is 7. The summed E-state index contributed by atoms with van der Waals surface area (Å²) in [5.74, 6) is -0.233. The fourth-order valence-corrected chi connectivity index (χ4v) is 2.47. The number of carbonyl (C=O) groups is 1. The molecule has 0 N–H and O–H groups in total. The summed E-state index contributed by atoms with van der Waals surface area (Å²) in [4.78, 5) is 26.2. The fourth-order valence-electron chi connectivity index (χ4n) is 2.47. The van der Waals surface area contributed by atoms with Crippen LogP contribution in [0, 0.1) is 15.5 Å². The molecule has 0 radical (unpaired) electrons. The number of aliphatic imine (C=N–C) groups is 1. The van der Waals surface area contributed by atoms with E-state index in [4.69, 9.17) is 0 Å². The van der Waals surface area contributed by atoms with Gasteiger partial charge in [-0.3, -0.25) is 19.9 Å². The number of hydrogen-bond donors (Lipinski definition) is 0. The zero-order valence-corrected chi connectivity index (χ0v) is 8.79. The van der Waals surface area contributed by atoms with E-state index in [2.05, 4.69) is 4.99 Å². The number of nitro groups is 1. The lowest BCUT2D eigenvalue weighted by atomic mass is 9.68. The number of ketones is 1. The van der Waals surface area contributed by atoms with Crippen LogP contribution in [0.25, 0.3) is 0 Å². The maximum atomic E-state index is 11.6. The monoisotopic (exact) mass is 228 g/mol. The first kappa shape index (κ1) is 9.89. The van der Waals surface area contributed by atoms with E-state index >= 15 is 0 Å². The van der Waals surface area contributed by atoms with Gasteiger partial charge in [0.15, 0.2) is 5.78 Å². The minimum atomic E-state index is -0.705. The molecule has 0 fully saturated rings. The van der Waals surface area contributed by atoms with Gasteiger partial charge >= 0.3 is 0 Å². The van der Waals surface area contributed by atoms with E-state index in [1.807, 2.05) is 18.2 Å². The molecule has 0 aromatic rings. The highest BCUT2D eigenvalue weighted by Gasteiger charge is 2.49. The molecular weight excluding hydrogens is 220 g/mol. The number of carbonyl (C=O) groups excluding carboxylic acids is 1. The molecule has 0 aromatic carbocycles. The van der Waals surface area contributed by atoms with E-state index in [0.717, 1.165) is 11.6 Å². The zero-order valence-electron chi connectivity index (χ0n) is 8.79. The van der Waals surface area contributed by atoms with Crippen molar-refractivity contribution < 1.29 is 9.72 Å². The van der Waals surface area contributed by atoms with E-state index in [1.54, 1.807) is 12.3 Å². The Kier molecular flexibility index (Phi) is 1.80. The van der Waals surface area contributed by atoms with Gasteiger partial charge in [0.05, 0.1) is 16.4 Å². The predicted molar refractivity (Wildman–Crippen MR) is 60.9 cm³/mol. The second kappa shape index (κ2) is 3.10. The molecule has 1 atom stereocenters. The fraction of sp³-hybridized carbons (Fsp3) is 0.167. The quantitative estimate of drug-likeness (QED) is 0.505. The summed E-state index contributed by atoms with van der Waals surface area (Å²) in [6, 6.07) is 0. The van der Waals surface area contributed by atoms with Crippen LogP contribution in [0.5, 0.6) is 0 Å². The topological polar surface area (TPSA) is 72.6 Å². The third-order valence-corrected chi connectivity index (χ3v) is 3.23. The molecule has 0 saturated carbocycles. The molecule has 3 rings (SSSR count). The summed E-state index contributed by atoms with van der Waals surface area (Å²) in [6.45, 7) is 0. The third kappa shape index (κ3) is 1.19. The minimum Gasteiger partial charge on any atom is -0.295 e. The molecule has 0 bridgehead atoms. The van der Waals surface area contributed by atoms with Crippen LogP contribution in [-0.2, 0) is 4.79 Å². The average molecular weight is 228 g/mol. The van der Waals surface area contributed by atoms with Crippen molar-refractivity contribution in [2.45, 2.75) is 6.42 Å². The van der Waals surface area contributed by atoms with E-state index in [9.17, 15) is 14.9 Å². The molecule has 1 aliphatic heterocycles. The van der Waals surface area contributed by atoms with Crippen LogP contribution in [0.2, 0.25) is 0 Å². The standard InChI is InChI=1S/C12H8N2O3/c15-9-5-10(14(16)17)11-12(6-9)4-2-1-3-8(12)7-13-11/h1-5,7H,6H2. The van der Waals surface area contributed by atoms with Crippen molar-refractivity contribution in [1.82, 2.24) is 0 Å². The van der Waals surface area contributed by atoms with Crippen LogP contribution in [0.15, 0.2) is 52.8 Å². The lowest BCUT2D eigenvalue weighted by molar-refractivity contribution is -0.415. The Morgan fingerprint density at radius 1 is 1.41 bits per heavy atom. The summed E-state index contributed by atoms with van der Waals surface area (Å²) in [5.41, 5.74) is 0.323. The largest absolute Gasteiger partial charge is 0.295 e. The van der Waals surface area contributed by atoms with Gasteiger partial charge in [0.2, 0.25) is 0 Å². The molecule has 2 aliphatic carbocycles. The van der Waals surface area contributed by atoms with Crippen molar-refractivity contribution in [1.29, 1.82) is 0 Å². The summed E-state index contributed by atoms with van der Waals surface area (Å²) in [7, 11) is 0. The molecule has 5 nitrogen and oxygen atoms in total. The van der Waals surface area contributed by atoms with Gasteiger partial charge in [0.1, 0.15) is 5.71 Å². The van der Waals surface area contributed by atoms with E-state index < -0.39 is 10.3 Å². The van der Waals surface area contributed by atoms with Gasteiger partial charge in [0, 0.05) is 12.6 Å². The molecule has 5 heteroatoms. The van der Waals surface area contributed by atoms with Crippen molar-refractivity contribution in [2.24, 2.45) is 10.4 Å². The second-order valence-corrected chi connectivity index (χ2v) is 4.18. The molecule has 1 heterocycles. The first-order chi connectivity index (χ1) is 8.13. The predicted octanol–water partition coefficient (Wildman–Crippen LogP) is 1.57. The normalized spacial score (nSPS) is 29.2. The first-order valence-corrected chi connectivity index (χ1v) is 5.18. The van der Waals surface area contributed by atoms with Gasteiger partial charge in [-0.15, -0.1) is 0 Å². The molecule has 84 valence electrons. The Labute approximate surface area is 96.7 Å². The van der Waals surface area contributed by atoms with Gasteiger partial charge in [-0.05, 0) is 5.57 Å². The third-order valence-electron chi connectivity index (χ3n) is 3.23. The second-order valence-electron chi connectivity index (χ2n) is 4.18. The maximum Gasteiger partial charge on any atom is 0.295 e. The average Bonchev–Trinajstić information content (AvgIpc) is 2.66. The molecule has 3 aliphatic rings. The molecule has 0 amide bonds. The van der Waals surface area contributed by atoms with Crippen molar-refractivity contribution in [3.63, 3.8) is 0 Å². The summed E-state index contributed by atoms with van der Waals surface area (Å²) < 4.78 is 0. The highest BCUT2D eigenvalue weighted by molar-refractivity contribution is 6.17. The van der Waals surface area contributed by atoms with Gasteiger partial charge in [0.25, 0.3) is 5.70 Å². The van der Waals surface area contributed by atoms with Crippen LogP contribution in [0.3, 0.4) is 0 Å². The number of hydrogen-bond acceptors (Lipinski definition) is 4. The zero-order chi connectivity index (χ0) is 12.0. The Bertz CT molecular complexity index is 593. The van der Waals surface area contributed by atoms with Crippen molar-refractivity contribution in [3.8, 4) is 0 Å². The highest BCUT2D eigenvalue weighted by atomic mass is 16.6. The molecule has 1 spiro atoms. The first-order valence-electron chi connectivity index (χ1n) is 5.18. The Balaban J connectivity index is 2.19. The molecule has 17 heavy (non-hydrogen) atoms. The number of rotatable bonds is 1. The lowest BCUT2D eigenvalue weighted by Gasteiger charge is -2.31. The van der Waals surface area contributed by atoms with Gasteiger partial charge in [-0.2, -0.15) is 0 Å². The smallest absolute Gasteiger partial charge is 0.295 e. The molecule has 1 unspecified atom stereocenters. The number of nitrogens with zero attached hydrogens (tertiary/aromatic N) is 2. The molecule has 0 aromatic heterocycles. The van der Waals surface area contributed by atoms with Gasteiger partial charge in [-0.25, -0.2) is 0 Å². The van der Waals surface area contributed by atoms with E-state index in [0.29, 0.717) is 5.71 Å². The van der Waals surface area contributed by atoms with E-state index in [-0.39, 0.29) is 17.9 Å². The Morgan fingerprint density at radius 2 is 2.24 bits per heavy atom. The summed E-state index contributed by atoms with van der Waals surface area (Å²) in [6.07, 6.45) is 10.2. The van der Waals surface area contributed by atoms with Crippen LogP contribution in [-0.4, -0.2) is 16.4 Å².